The van der Waals surface area contributed by atoms with E-state index in [0.717, 1.165) is 21.4 Å². The van der Waals surface area contributed by atoms with E-state index in [9.17, 15) is 0 Å². The van der Waals surface area contributed by atoms with Crippen LogP contribution in [0.1, 0.15) is 5.56 Å². The van der Waals surface area contributed by atoms with Crippen molar-refractivity contribution in [2.24, 2.45) is 0 Å². The van der Waals surface area contributed by atoms with Crippen LogP contribution in [0.25, 0.3) is 16.9 Å². The molecule has 0 unspecified atom stereocenters. The summed E-state index contributed by atoms with van der Waals surface area (Å²) in [7, 11) is 0. The Morgan fingerprint density at radius 3 is 2.89 bits per heavy atom. The number of halogens is 1. The Morgan fingerprint density at radius 2 is 2.11 bits per heavy atom. The molecular formula is C13H11BrN4. The van der Waals surface area contributed by atoms with E-state index in [1.807, 2.05) is 18.2 Å². The molecule has 0 atom stereocenters. The number of benzene rings is 1. The van der Waals surface area contributed by atoms with Crippen molar-refractivity contribution in [1.82, 2.24) is 14.6 Å². The van der Waals surface area contributed by atoms with E-state index >= 15 is 0 Å². The van der Waals surface area contributed by atoms with Crippen molar-refractivity contribution in [2.45, 2.75) is 6.92 Å². The molecule has 0 aliphatic rings. The second-order valence-corrected chi connectivity index (χ2v) is 5.02. The Kier molecular flexibility index (Phi) is 2.56. The zero-order valence-electron chi connectivity index (χ0n) is 9.76. The first-order valence-corrected chi connectivity index (χ1v) is 6.31. The zero-order chi connectivity index (χ0) is 12.7. The van der Waals surface area contributed by atoms with Gasteiger partial charge < -0.3 is 5.73 Å². The highest BCUT2D eigenvalue weighted by Crippen LogP contribution is 2.24. The molecule has 3 rings (SSSR count). The van der Waals surface area contributed by atoms with E-state index in [4.69, 9.17) is 5.73 Å². The van der Waals surface area contributed by atoms with Crippen LogP contribution in [0.2, 0.25) is 0 Å². The number of anilines is 1. The molecule has 0 aliphatic heterocycles. The average Bonchev–Trinajstić information content (AvgIpc) is 2.72. The highest BCUT2D eigenvalue weighted by atomic mass is 79.9. The Balaban J connectivity index is 2.27. The third-order valence-electron chi connectivity index (χ3n) is 2.77. The fourth-order valence-electron chi connectivity index (χ4n) is 1.91. The van der Waals surface area contributed by atoms with Gasteiger partial charge in [0.05, 0.1) is 16.4 Å². The van der Waals surface area contributed by atoms with Crippen molar-refractivity contribution >= 4 is 27.4 Å². The van der Waals surface area contributed by atoms with Gasteiger partial charge in [-0.3, -0.25) is 0 Å². The summed E-state index contributed by atoms with van der Waals surface area (Å²) < 4.78 is 2.45. The summed E-state index contributed by atoms with van der Waals surface area (Å²) in [5.41, 5.74) is 9.81. The smallest absolute Gasteiger partial charge is 0.172 e. The molecule has 90 valence electrons. The van der Waals surface area contributed by atoms with Crippen molar-refractivity contribution in [3.8, 4) is 11.3 Å². The van der Waals surface area contributed by atoms with Crippen LogP contribution < -0.4 is 5.73 Å². The van der Waals surface area contributed by atoms with E-state index in [2.05, 4.69) is 45.1 Å². The van der Waals surface area contributed by atoms with Crippen LogP contribution in [0.5, 0.6) is 0 Å². The lowest BCUT2D eigenvalue weighted by Crippen LogP contribution is -2.01. The Morgan fingerprint density at radius 1 is 1.28 bits per heavy atom. The van der Waals surface area contributed by atoms with Gasteiger partial charge in [-0.1, -0.05) is 23.8 Å². The van der Waals surface area contributed by atoms with Crippen LogP contribution in [0.3, 0.4) is 0 Å². The normalized spacial score (nSPS) is 11.0. The maximum Gasteiger partial charge on any atom is 0.172 e. The van der Waals surface area contributed by atoms with E-state index in [0.29, 0.717) is 5.82 Å². The summed E-state index contributed by atoms with van der Waals surface area (Å²) >= 11 is 3.42. The molecule has 1 aromatic carbocycles. The molecule has 2 aromatic heterocycles. The molecule has 0 amide bonds. The number of nitrogens with two attached hydrogens (primary N) is 1. The van der Waals surface area contributed by atoms with Gasteiger partial charge in [0.25, 0.3) is 0 Å². The predicted octanol–water partition coefficient (Wildman–Crippen LogP) is 3.05. The molecule has 5 heteroatoms. The van der Waals surface area contributed by atoms with E-state index in [1.54, 1.807) is 10.7 Å². The van der Waals surface area contributed by atoms with Crippen LogP contribution in [0.15, 0.2) is 41.0 Å². The van der Waals surface area contributed by atoms with Gasteiger partial charge in [-0.25, -0.2) is 4.98 Å². The van der Waals surface area contributed by atoms with Crippen LogP contribution in [0, 0.1) is 6.92 Å². The van der Waals surface area contributed by atoms with Crippen molar-refractivity contribution in [1.29, 1.82) is 0 Å². The summed E-state index contributed by atoms with van der Waals surface area (Å²) in [6.07, 6.45) is 1.69. The van der Waals surface area contributed by atoms with Crippen molar-refractivity contribution in [2.75, 3.05) is 5.73 Å². The van der Waals surface area contributed by atoms with Gasteiger partial charge in [-0.05, 0) is 28.9 Å². The highest BCUT2D eigenvalue weighted by Gasteiger charge is 2.09. The van der Waals surface area contributed by atoms with E-state index < -0.39 is 0 Å². The third-order valence-corrected chi connectivity index (χ3v) is 3.33. The maximum absolute atomic E-state index is 5.99. The van der Waals surface area contributed by atoms with Crippen molar-refractivity contribution < 1.29 is 0 Å². The third kappa shape index (κ3) is 1.76. The SMILES string of the molecule is Cc1cccc(-c2cc(N)n3ncc(Br)c3n2)c1. The fraction of sp³-hybridized carbons (Fsp3) is 0.0769. The first kappa shape index (κ1) is 11.2. The van der Waals surface area contributed by atoms with Crippen molar-refractivity contribution in [3.63, 3.8) is 0 Å². The molecule has 3 aromatic rings. The summed E-state index contributed by atoms with van der Waals surface area (Å²) in [6.45, 7) is 2.06. The number of aromatic nitrogens is 3. The molecule has 0 spiro atoms. The van der Waals surface area contributed by atoms with E-state index in [-0.39, 0.29) is 0 Å². The molecule has 2 heterocycles. The number of fused-ring (bicyclic) bond motifs is 1. The molecule has 0 fully saturated rings. The molecule has 2 N–H and O–H groups in total. The Hall–Kier alpha value is -1.88. The average molecular weight is 303 g/mol. The van der Waals surface area contributed by atoms with Crippen LogP contribution >= 0.6 is 15.9 Å². The van der Waals surface area contributed by atoms with Crippen LogP contribution in [0.4, 0.5) is 5.82 Å². The van der Waals surface area contributed by atoms with Gasteiger partial charge in [0.1, 0.15) is 5.82 Å². The van der Waals surface area contributed by atoms with Gasteiger partial charge >= 0.3 is 0 Å². The predicted molar refractivity (Wildman–Crippen MR) is 75.3 cm³/mol. The molecule has 0 radical (unpaired) electrons. The zero-order valence-corrected chi connectivity index (χ0v) is 11.3. The van der Waals surface area contributed by atoms with Crippen LogP contribution in [-0.4, -0.2) is 14.6 Å². The largest absolute Gasteiger partial charge is 0.384 e. The number of aryl methyl sites for hydroxylation is 1. The Bertz CT molecular complexity index is 733. The minimum absolute atomic E-state index is 0.571. The Labute approximate surface area is 113 Å². The number of rotatable bonds is 1. The van der Waals surface area contributed by atoms with Gasteiger partial charge in [0, 0.05) is 11.6 Å². The monoisotopic (exact) mass is 302 g/mol. The summed E-state index contributed by atoms with van der Waals surface area (Å²) in [5, 5.41) is 4.15. The molecule has 0 saturated heterocycles. The number of hydrogen-bond donors (Lipinski definition) is 1. The fourth-order valence-corrected chi connectivity index (χ4v) is 2.26. The standard InChI is InChI=1S/C13H11BrN4/c1-8-3-2-4-9(5-8)11-6-12(15)18-13(17-11)10(14)7-16-18/h2-7H,15H2,1H3. The lowest BCUT2D eigenvalue weighted by Gasteiger charge is -2.05. The summed E-state index contributed by atoms with van der Waals surface area (Å²) in [6, 6.07) is 10.0. The second-order valence-electron chi connectivity index (χ2n) is 4.16. The van der Waals surface area contributed by atoms with Gasteiger partial charge in [-0.15, -0.1) is 0 Å². The summed E-state index contributed by atoms with van der Waals surface area (Å²) in [4.78, 5) is 4.58. The van der Waals surface area contributed by atoms with E-state index in [1.165, 1.54) is 5.56 Å². The lowest BCUT2D eigenvalue weighted by atomic mass is 10.1. The molecule has 0 aliphatic carbocycles. The molecule has 0 saturated carbocycles. The molecule has 0 bridgehead atoms. The van der Waals surface area contributed by atoms with Crippen LogP contribution in [-0.2, 0) is 0 Å². The lowest BCUT2D eigenvalue weighted by molar-refractivity contribution is 0.953. The summed E-state index contributed by atoms with van der Waals surface area (Å²) in [5.74, 6) is 0.571. The molecule has 4 nitrogen and oxygen atoms in total. The first-order chi connectivity index (χ1) is 8.65. The quantitative estimate of drug-likeness (QED) is 0.751. The highest BCUT2D eigenvalue weighted by molar-refractivity contribution is 9.10. The minimum atomic E-state index is 0.571. The topological polar surface area (TPSA) is 56.2 Å². The number of hydrogen-bond acceptors (Lipinski definition) is 3. The minimum Gasteiger partial charge on any atom is -0.384 e. The first-order valence-electron chi connectivity index (χ1n) is 5.52. The molecule has 18 heavy (non-hydrogen) atoms. The maximum atomic E-state index is 5.99. The number of nitrogen functional groups attached to an aromatic ring is 1. The van der Waals surface area contributed by atoms with Gasteiger partial charge in [0.2, 0.25) is 0 Å². The van der Waals surface area contributed by atoms with Gasteiger partial charge in [0.15, 0.2) is 5.65 Å². The van der Waals surface area contributed by atoms with Crippen molar-refractivity contribution in [3.05, 3.63) is 46.6 Å². The van der Waals surface area contributed by atoms with Gasteiger partial charge in [-0.2, -0.15) is 9.61 Å². The number of nitrogens with zero attached hydrogens (tertiary/aromatic N) is 3. The molecular weight excluding hydrogens is 292 g/mol. The second kappa shape index (κ2) is 4.10.